The molecule has 0 bridgehead atoms. The first-order valence-electron chi connectivity index (χ1n) is 8.55. The highest BCUT2D eigenvalue weighted by Gasteiger charge is 2.30. The van der Waals surface area contributed by atoms with E-state index in [9.17, 15) is 4.79 Å². The van der Waals surface area contributed by atoms with Crippen LogP contribution in [0.1, 0.15) is 44.0 Å². The van der Waals surface area contributed by atoms with Gasteiger partial charge in [0.05, 0.1) is 6.04 Å². The summed E-state index contributed by atoms with van der Waals surface area (Å²) in [5.74, 6) is 0. The Morgan fingerprint density at radius 1 is 1.17 bits per heavy atom. The Morgan fingerprint density at radius 3 is 2.78 bits per heavy atom. The molecule has 2 amide bonds. The predicted octanol–water partition coefficient (Wildman–Crippen LogP) is 4.44. The molecule has 0 fully saturated rings. The maximum Gasteiger partial charge on any atom is 0.322 e. The number of hydrogen-bond acceptors (Lipinski definition) is 1. The molecule has 4 heteroatoms. The third-order valence-electron chi connectivity index (χ3n) is 4.63. The Kier molecular flexibility index (Phi) is 4.70. The highest BCUT2D eigenvalue weighted by Crippen LogP contribution is 2.30. The second-order valence-electron chi connectivity index (χ2n) is 6.07. The van der Waals surface area contributed by atoms with Crippen molar-refractivity contribution in [1.82, 2.24) is 9.47 Å². The van der Waals surface area contributed by atoms with Crippen LogP contribution in [0.3, 0.4) is 0 Å². The van der Waals surface area contributed by atoms with Gasteiger partial charge in [0.25, 0.3) is 0 Å². The van der Waals surface area contributed by atoms with Gasteiger partial charge in [0.15, 0.2) is 0 Å². The van der Waals surface area contributed by atoms with Crippen molar-refractivity contribution in [3.8, 4) is 0 Å². The molecule has 0 saturated carbocycles. The highest BCUT2D eigenvalue weighted by molar-refractivity contribution is 5.90. The van der Waals surface area contributed by atoms with Crippen LogP contribution in [0.2, 0.25) is 0 Å². The molecule has 122 valence electrons. The summed E-state index contributed by atoms with van der Waals surface area (Å²) in [6.07, 6.45) is 5.08. The first-order chi connectivity index (χ1) is 11.2. The first-order valence-corrected chi connectivity index (χ1v) is 8.55. The van der Waals surface area contributed by atoms with Gasteiger partial charge in [0, 0.05) is 30.7 Å². The number of aromatic nitrogens is 1. The number of hydrogen-bond donors (Lipinski definition) is 1. The standard InChI is InChI=1S/C19H25N3O/c1-3-8-18-17-11-7-12-21(17)13-14-22(18)19(23)20-16-10-6-5-9-15(16)4-2/h5-7,9-12,18H,3-4,8,13-14H2,1-2H3,(H,20,23)/t18-/m1/s1. The molecule has 2 aromatic rings. The SMILES string of the molecule is CCC[C@@H]1c2cccn2CCN1C(=O)Nc1ccccc1CC. The minimum Gasteiger partial charge on any atom is -0.348 e. The smallest absolute Gasteiger partial charge is 0.322 e. The van der Waals surface area contributed by atoms with Gasteiger partial charge in [-0.3, -0.25) is 0 Å². The molecule has 0 radical (unpaired) electrons. The van der Waals surface area contributed by atoms with Crippen LogP contribution < -0.4 is 5.32 Å². The summed E-state index contributed by atoms with van der Waals surface area (Å²) in [6.45, 7) is 5.90. The molecule has 4 nitrogen and oxygen atoms in total. The molecule has 1 atom stereocenters. The number of carbonyl (C=O) groups excluding carboxylic acids is 1. The van der Waals surface area contributed by atoms with Crippen molar-refractivity contribution in [1.29, 1.82) is 0 Å². The number of fused-ring (bicyclic) bond motifs is 1. The van der Waals surface area contributed by atoms with Gasteiger partial charge in [0.2, 0.25) is 0 Å². The topological polar surface area (TPSA) is 37.3 Å². The summed E-state index contributed by atoms with van der Waals surface area (Å²) in [5.41, 5.74) is 3.35. The zero-order valence-electron chi connectivity index (χ0n) is 14.0. The van der Waals surface area contributed by atoms with Crippen LogP contribution in [0.4, 0.5) is 10.5 Å². The Hall–Kier alpha value is -2.23. The summed E-state index contributed by atoms with van der Waals surface area (Å²) in [4.78, 5) is 14.8. The molecule has 1 aromatic carbocycles. The molecule has 1 aromatic heterocycles. The number of urea groups is 1. The Bertz CT molecular complexity index is 677. The lowest BCUT2D eigenvalue weighted by Crippen LogP contribution is -2.44. The molecular formula is C19H25N3O. The van der Waals surface area contributed by atoms with Crippen molar-refractivity contribution in [2.75, 3.05) is 11.9 Å². The van der Waals surface area contributed by atoms with Crippen molar-refractivity contribution in [2.45, 2.75) is 45.7 Å². The maximum atomic E-state index is 12.9. The fraction of sp³-hybridized carbons (Fsp3) is 0.421. The van der Waals surface area contributed by atoms with Crippen molar-refractivity contribution in [3.05, 3.63) is 53.9 Å². The summed E-state index contributed by atoms with van der Waals surface area (Å²) >= 11 is 0. The summed E-state index contributed by atoms with van der Waals surface area (Å²) in [6, 6.07) is 12.4. The van der Waals surface area contributed by atoms with Gasteiger partial charge in [-0.05, 0) is 36.6 Å². The average Bonchev–Trinajstić information content (AvgIpc) is 3.05. The minimum absolute atomic E-state index is 0.0109. The monoisotopic (exact) mass is 311 g/mol. The van der Waals surface area contributed by atoms with Gasteiger partial charge in [-0.1, -0.05) is 38.5 Å². The normalized spacial score (nSPS) is 17.0. The number of rotatable bonds is 4. The molecule has 3 rings (SSSR count). The highest BCUT2D eigenvalue weighted by atomic mass is 16.2. The van der Waals surface area contributed by atoms with Gasteiger partial charge in [-0.15, -0.1) is 0 Å². The predicted molar refractivity (Wildman–Crippen MR) is 93.6 cm³/mol. The van der Waals surface area contributed by atoms with Gasteiger partial charge in [-0.2, -0.15) is 0 Å². The molecular weight excluding hydrogens is 286 g/mol. The molecule has 1 aliphatic heterocycles. The summed E-state index contributed by atoms with van der Waals surface area (Å²) in [7, 11) is 0. The van der Waals surface area contributed by atoms with Gasteiger partial charge < -0.3 is 14.8 Å². The Balaban J connectivity index is 1.81. The van der Waals surface area contributed by atoms with E-state index in [1.165, 1.54) is 11.3 Å². The van der Waals surface area contributed by atoms with E-state index in [-0.39, 0.29) is 12.1 Å². The number of benzene rings is 1. The summed E-state index contributed by atoms with van der Waals surface area (Å²) in [5, 5.41) is 3.12. The third kappa shape index (κ3) is 3.11. The lowest BCUT2D eigenvalue weighted by atomic mass is 10.0. The van der Waals surface area contributed by atoms with E-state index in [0.717, 1.165) is 38.0 Å². The fourth-order valence-corrected chi connectivity index (χ4v) is 3.42. The lowest BCUT2D eigenvalue weighted by Gasteiger charge is -2.37. The van der Waals surface area contributed by atoms with E-state index in [2.05, 4.69) is 48.1 Å². The van der Waals surface area contributed by atoms with Crippen molar-refractivity contribution in [3.63, 3.8) is 0 Å². The Labute approximate surface area is 138 Å². The van der Waals surface area contributed by atoms with E-state index >= 15 is 0 Å². The average molecular weight is 311 g/mol. The molecule has 0 spiro atoms. The largest absolute Gasteiger partial charge is 0.348 e. The second kappa shape index (κ2) is 6.90. The third-order valence-corrected chi connectivity index (χ3v) is 4.63. The van der Waals surface area contributed by atoms with E-state index < -0.39 is 0 Å². The van der Waals surface area contributed by atoms with E-state index in [4.69, 9.17) is 0 Å². The second-order valence-corrected chi connectivity index (χ2v) is 6.07. The number of nitrogens with one attached hydrogen (secondary N) is 1. The quantitative estimate of drug-likeness (QED) is 0.890. The molecule has 23 heavy (non-hydrogen) atoms. The van der Waals surface area contributed by atoms with Crippen molar-refractivity contribution in [2.24, 2.45) is 0 Å². The number of aryl methyl sites for hydroxylation is 1. The van der Waals surface area contributed by atoms with E-state index in [1.54, 1.807) is 0 Å². The van der Waals surface area contributed by atoms with E-state index in [1.807, 2.05) is 23.1 Å². The van der Waals surface area contributed by atoms with Gasteiger partial charge >= 0.3 is 6.03 Å². The zero-order valence-corrected chi connectivity index (χ0v) is 14.0. The Morgan fingerprint density at radius 2 is 2.00 bits per heavy atom. The van der Waals surface area contributed by atoms with Gasteiger partial charge in [-0.25, -0.2) is 4.79 Å². The first kappa shape index (κ1) is 15.7. The van der Waals surface area contributed by atoms with Crippen LogP contribution in [0.5, 0.6) is 0 Å². The van der Waals surface area contributed by atoms with Crippen LogP contribution in [-0.2, 0) is 13.0 Å². The van der Waals surface area contributed by atoms with Crippen LogP contribution in [0.25, 0.3) is 0 Å². The minimum atomic E-state index is 0.0109. The number of amides is 2. The van der Waals surface area contributed by atoms with Gasteiger partial charge in [0.1, 0.15) is 0 Å². The number of para-hydroxylation sites is 1. The molecule has 0 unspecified atom stereocenters. The lowest BCUT2D eigenvalue weighted by molar-refractivity contribution is 0.163. The molecule has 1 N–H and O–H groups in total. The number of anilines is 1. The maximum absolute atomic E-state index is 12.9. The van der Waals surface area contributed by atoms with Crippen molar-refractivity contribution >= 4 is 11.7 Å². The number of nitrogens with zero attached hydrogens (tertiary/aromatic N) is 2. The van der Waals surface area contributed by atoms with E-state index in [0.29, 0.717) is 0 Å². The van der Waals surface area contributed by atoms with Crippen LogP contribution in [-0.4, -0.2) is 22.0 Å². The molecule has 0 aliphatic carbocycles. The fourth-order valence-electron chi connectivity index (χ4n) is 3.42. The molecule has 1 aliphatic rings. The molecule has 0 saturated heterocycles. The van der Waals surface area contributed by atoms with Crippen LogP contribution in [0.15, 0.2) is 42.6 Å². The number of carbonyl (C=O) groups is 1. The van der Waals surface area contributed by atoms with Crippen molar-refractivity contribution < 1.29 is 4.79 Å². The van der Waals surface area contributed by atoms with Crippen LogP contribution in [0, 0.1) is 0 Å². The van der Waals surface area contributed by atoms with Crippen LogP contribution >= 0.6 is 0 Å². The summed E-state index contributed by atoms with van der Waals surface area (Å²) < 4.78 is 2.27. The molecule has 2 heterocycles. The zero-order chi connectivity index (χ0) is 16.2.